The second-order valence-corrected chi connectivity index (χ2v) is 6.50. The van der Waals surface area contributed by atoms with Crippen molar-refractivity contribution in [3.63, 3.8) is 0 Å². The van der Waals surface area contributed by atoms with Crippen LogP contribution in [0.4, 0.5) is 4.39 Å². The third-order valence-corrected chi connectivity index (χ3v) is 2.90. The monoisotopic (exact) mass is 344 g/mol. The minimum atomic E-state index is -0.618. The lowest BCUT2D eigenvalue weighted by atomic mass is 10.1. The molecule has 1 aromatic carbocycles. The summed E-state index contributed by atoms with van der Waals surface area (Å²) in [5.41, 5.74) is -0.427. The Morgan fingerprint density at radius 3 is 2.45 bits per heavy atom. The van der Waals surface area contributed by atoms with Crippen LogP contribution in [-0.2, 0) is 4.79 Å². The Morgan fingerprint density at radius 1 is 1.35 bits per heavy atom. The molecule has 110 valence electrons. The topological polar surface area (TPSA) is 49.4 Å². The number of hydrogen-bond donors (Lipinski definition) is 1. The van der Waals surface area contributed by atoms with Gasteiger partial charge in [0.15, 0.2) is 0 Å². The summed E-state index contributed by atoms with van der Waals surface area (Å²) in [6, 6.07) is 4.19. The summed E-state index contributed by atoms with van der Waals surface area (Å²) in [6.07, 6.45) is 0. The maximum atomic E-state index is 13.7. The lowest BCUT2D eigenvalue weighted by molar-refractivity contribution is -0.122. The first kappa shape index (κ1) is 16.6. The molecule has 0 aliphatic carbocycles. The molecule has 0 bridgehead atoms. The van der Waals surface area contributed by atoms with Gasteiger partial charge in [0.2, 0.25) is 5.91 Å². The third kappa shape index (κ3) is 4.92. The van der Waals surface area contributed by atoms with Gasteiger partial charge in [-0.05, 0) is 39.0 Å². The van der Waals surface area contributed by atoms with Gasteiger partial charge in [-0.2, -0.15) is 0 Å². The number of nitrogens with one attached hydrogen (secondary N) is 1. The summed E-state index contributed by atoms with van der Waals surface area (Å²) < 4.78 is 14.2. The molecule has 20 heavy (non-hydrogen) atoms. The van der Waals surface area contributed by atoms with Crippen molar-refractivity contribution in [1.29, 1.82) is 0 Å². The first-order chi connectivity index (χ1) is 9.10. The summed E-state index contributed by atoms with van der Waals surface area (Å²) in [7, 11) is 1.46. The quantitative estimate of drug-likeness (QED) is 0.916. The molecule has 0 heterocycles. The van der Waals surface area contributed by atoms with Gasteiger partial charge in [0.05, 0.1) is 12.1 Å². The van der Waals surface area contributed by atoms with Crippen LogP contribution in [0.3, 0.4) is 0 Å². The minimum absolute atomic E-state index is 0.0562. The van der Waals surface area contributed by atoms with Crippen molar-refractivity contribution in [3.05, 3.63) is 34.1 Å². The average molecular weight is 345 g/mol. The van der Waals surface area contributed by atoms with E-state index in [9.17, 15) is 14.0 Å². The Labute approximate surface area is 126 Å². The number of nitrogens with zero attached hydrogens (tertiary/aromatic N) is 1. The molecule has 0 aliphatic heterocycles. The van der Waals surface area contributed by atoms with Gasteiger partial charge in [0, 0.05) is 17.1 Å². The van der Waals surface area contributed by atoms with Crippen LogP contribution in [0.1, 0.15) is 31.1 Å². The summed E-state index contributed by atoms with van der Waals surface area (Å²) in [4.78, 5) is 25.0. The van der Waals surface area contributed by atoms with Crippen LogP contribution < -0.4 is 5.32 Å². The highest BCUT2D eigenvalue weighted by Crippen LogP contribution is 2.16. The fourth-order valence-corrected chi connectivity index (χ4v) is 1.95. The lowest BCUT2D eigenvalue weighted by Crippen LogP contribution is -2.46. The number of carbonyl (C=O) groups is 2. The van der Waals surface area contributed by atoms with Gasteiger partial charge in [-0.3, -0.25) is 9.59 Å². The molecule has 0 saturated heterocycles. The maximum Gasteiger partial charge on any atom is 0.257 e. The van der Waals surface area contributed by atoms with Crippen LogP contribution in [0.15, 0.2) is 22.7 Å². The molecule has 0 aromatic heterocycles. The summed E-state index contributed by atoms with van der Waals surface area (Å²) >= 11 is 3.13. The van der Waals surface area contributed by atoms with Gasteiger partial charge in [0.1, 0.15) is 5.82 Å². The normalized spacial score (nSPS) is 11.1. The summed E-state index contributed by atoms with van der Waals surface area (Å²) in [5, 5.41) is 2.75. The fraction of sp³-hybridized carbons (Fsp3) is 0.429. The maximum absolute atomic E-state index is 13.7. The Hall–Kier alpha value is -1.43. The number of halogens is 2. The molecule has 4 nitrogen and oxygen atoms in total. The van der Waals surface area contributed by atoms with Gasteiger partial charge < -0.3 is 10.2 Å². The number of amides is 2. The van der Waals surface area contributed by atoms with E-state index >= 15 is 0 Å². The molecule has 6 heteroatoms. The van der Waals surface area contributed by atoms with Crippen LogP contribution >= 0.6 is 15.9 Å². The van der Waals surface area contributed by atoms with Gasteiger partial charge in [-0.25, -0.2) is 4.39 Å². The van der Waals surface area contributed by atoms with Crippen molar-refractivity contribution in [2.24, 2.45) is 0 Å². The molecule has 0 atom stereocenters. The minimum Gasteiger partial charge on any atom is -0.350 e. The number of likely N-dealkylation sites (N-methyl/N-ethyl adjacent to an activating group) is 1. The van der Waals surface area contributed by atoms with Crippen molar-refractivity contribution in [2.45, 2.75) is 26.3 Å². The van der Waals surface area contributed by atoms with Crippen LogP contribution in [-0.4, -0.2) is 35.8 Å². The van der Waals surface area contributed by atoms with Crippen molar-refractivity contribution in [2.75, 3.05) is 13.6 Å². The largest absolute Gasteiger partial charge is 0.350 e. The molecule has 0 unspecified atom stereocenters. The SMILES string of the molecule is CN(CC(=O)NC(C)(C)C)C(=O)c1ccc(Br)cc1F. The summed E-state index contributed by atoms with van der Waals surface area (Å²) in [6.45, 7) is 5.43. The Morgan fingerprint density at radius 2 is 1.95 bits per heavy atom. The molecular formula is C14H18BrFN2O2. The Bertz CT molecular complexity index is 526. The molecule has 0 radical (unpaired) electrons. The predicted octanol–water partition coefficient (Wildman–Crippen LogP) is 2.57. The van der Waals surface area contributed by atoms with Crippen LogP contribution in [0.2, 0.25) is 0 Å². The van der Waals surface area contributed by atoms with E-state index in [1.807, 2.05) is 20.8 Å². The van der Waals surface area contributed by atoms with E-state index in [-0.39, 0.29) is 23.6 Å². The second kappa shape index (κ2) is 6.35. The van der Waals surface area contributed by atoms with Crippen LogP contribution in [0.25, 0.3) is 0 Å². The van der Waals surface area contributed by atoms with E-state index in [2.05, 4.69) is 21.2 Å². The average Bonchev–Trinajstić information content (AvgIpc) is 2.25. The molecule has 0 aliphatic rings. The molecule has 0 spiro atoms. The van der Waals surface area contributed by atoms with Crippen molar-refractivity contribution in [1.82, 2.24) is 10.2 Å². The molecule has 2 amide bonds. The van der Waals surface area contributed by atoms with Crippen LogP contribution in [0.5, 0.6) is 0 Å². The number of carbonyl (C=O) groups excluding carboxylic acids is 2. The number of benzene rings is 1. The van der Waals surface area contributed by atoms with Gasteiger partial charge in [-0.15, -0.1) is 0 Å². The molecule has 0 fully saturated rings. The zero-order valence-electron chi connectivity index (χ0n) is 12.0. The van der Waals surface area contributed by atoms with Gasteiger partial charge in [0.25, 0.3) is 5.91 Å². The Kier molecular flexibility index (Phi) is 5.28. The van der Waals surface area contributed by atoms with E-state index in [0.29, 0.717) is 4.47 Å². The zero-order chi connectivity index (χ0) is 15.5. The second-order valence-electron chi connectivity index (χ2n) is 5.58. The van der Waals surface area contributed by atoms with E-state index in [0.717, 1.165) is 0 Å². The molecule has 1 N–H and O–H groups in total. The van der Waals surface area contributed by atoms with Crippen molar-refractivity contribution >= 4 is 27.7 Å². The zero-order valence-corrected chi connectivity index (χ0v) is 13.5. The highest BCUT2D eigenvalue weighted by molar-refractivity contribution is 9.10. The smallest absolute Gasteiger partial charge is 0.257 e. The van der Waals surface area contributed by atoms with Gasteiger partial charge in [-0.1, -0.05) is 15.9 Å². The predicted molar refractivity (Wildman–Crippen MR) is 79.0 cm³/mol. The summed E-state index contributed by atoms with van der Waals surface area (Å²) in [5.74, 6) is -1.43. The molecule has 1 rings (SSSR count). The highest BCUT2D eigenvalue weighted by Gasteiger charge is 2.20. The van der Waals surface area contributed by atoms with Crippen molar-refractivity contribution < 1.29 is 14.0 Å². The number of hydrogen-bond acceptors (Lipinski definition) is 2. The van der Waals surface area contributed by atoms with Crippen molar-refractivity contribution in [3.8, 4) is 0 Å². The lowest BCUT2D eigenvalue weighted by Gasteiger charge is -2.23. The molecule has 0 saturated carbocycles. The van der Waals surface area contributed by atoms with E-state index in [1.54, 1.807) is 6.07 Å². The standard InChI is InChI=1S/C14H18BrFN2O2/c1-14(2,3)17-12(19)8-18(4)13(20)10-6-5-9(15)7-11(10)16/h5-7H,8H2,1-4H3,(H,17,19). The van der Waals surface area contributed by atoms with E-state index in [4.69, 9.17) is 0 Å². The number of rotatable bonds is 3. The Balaban J connectivity index is 2.75. The van der Waals surface area contributed by atoms with E-state index in [1.165, 1.54) is 24.1 Å². The highest BCUT2D eigenvalue weighted by atomic mass is 79.9. The third-order valence-electron chi connectivity index (χ3n) is 2.40. The first-order valence-electron chi connectivity index (χ1n) is 6.11. The van der Waals surface area contributed by atoms with Gasteiger partial charge >= 0.3 is 0 Å². The first-order valence-corrected chi connectivity index (χ1v) is 6.91. The molecule has 1 aromatic rings. The molecular weight excluding hydrogens is 327 g/mol. The van der Waals surface area contributed by atoms with Crippen LogP contribution in [0, 0.1) is 5.82 Å². The fourth-order valence-electron chi connectivity index (χ4n) is 1.61. The van der Waals surface area contributed by atoms with E-state index < -0.39 is 11.7 Å².